The molecule has 1 unspecified atom stereocenters. The van der Waals surface area contributed by atoms with Gasteiger partial charge in [-0.2, -0.15) is 5.10 Å². The van der Waals surface area contributed by atoms with E-state index in [0.29, 0.717) is 0 Å². The summed E-state index contributed by atoms with van der Waals surface area (Å²) >= 11 is 6.11. The average Bonchev–Trinajstić information content (AvgIpc) is 3.23. The molecule has 0 spiro atoms. The van der Waals surface area contributed by atoms with Crippen LogP contribution in [0.4, 0.5) is 0 Å². The summed E-state index contributed by atoms with van der Waals surface area (Å²) in [7, 11) is -3.43. The van der Waals surface area contributed by atoms with Crippen molar-refractivity contribution in [1.29, 1.82) is 0 Å². The lowest BCUT2D eigenvalue weighted by molar-refractivity contribution is -0.122. The molecule has 1 aromatic carbocycles. The number of hydrogen-bond acceptors (Lipinski definition) is 5. The lowest BCUT2D eigenvalue weighted by Gasteiger charge is -2.16. The Morgan fingerprint density at radius 1 is 1.33 bits per heavy atom. The fraction of sp³-hybridized carbons (Fsp3) is 0.312. The first-order valence-electron chi connectivity index (χ1n) is 7.35. The summed E-state index contributed by atoms with van der Waals surface area (Å²) in [6.07, 6.45) is 5.65. The highest BCUT2D eigenvalue weighted by atomic mass is 35.5. The Hall–Kier alpha value is -1.99. The molecule has 0 amide bonds. The van der Waals surface area contributed by atoms with E-state index >= 15 is 0 Å². The van der Waals surface area contributed by atoms with Crippen LogP contribution in [-0.4, -0.2) is 36.0 Å². The second-order valence-corrected chi connectivity index (χ2v) is 8.27. The highest BCUT2D eigenvalue weighted by Gasteiger charge is 2.40. The van der Waals surface area contributed by atoms with Gasteiger partial charge in [0.15, 0.2) is 27.4 Å². The molecule has 0 aliphatic heterocycles. The summed E-state index contributed by atoms with van der Waals surface area (Å²) in [4.78, 5) is 25.4. The van der Waals surface area contributed by atoms with E-state index in [1.807, 2.05) is 0 Å². The Morgan fingerprint density at radius 2 is 2.04 bits per heavy atom. The van der Waals surface area contributed by atoms with Crippen LogP contribution in [0.15, 0.2) is 41.6 Å². The fourth-order valence-corrected chi connectivity index (χ4v) is 3.46. The van der Waals surface area contributed by atoms with Crippen LogP contribution in [0.25, 0.3) is 0 Å². The zero-order valence-electron chi connectivity index (χ0n) is 12.8. The molecule has 0 radical (unpaired) electrons. The molecule has 1 heterocycles. The third-order valence-electron chi connectivity index (χ3n) is 3.92. The number of halogens is 1. The number of hydrogen-bond donors (Lipinski definition) is 0. The van der Waals surface area contributed by atoms with Gasteiger partial charge in [0.05, 0.1) is 9.92 Å². The third kappa shape index (κ3) is 3.27. The SMILES string of the molecule is CS(=O)(=O)c1ccc(C(=O)C(C(=O)C2CC2)n2cccn2)c(Cl)c1. The van der Waals surface area contributed by atoms with Crippen LogP contribution in [0.2, 0.25) is 5.02 Å². The largest absolute Gasteiger partial charge is 0.296 e. The number of ketones is 2. The zero-order valence-corrected chi connectivity index (χ0v) is 14.4. The van der Waals surface area contributed by atoms with Gasteiger partial charge in [0.2, 0.25) is 0 Å². The van der Waals surface area contributed by atoms with Crippen LogP contribution in [-0.2, 0) is 14.6 Å². The molecular formula is C16H15ClN2O4S. The van der Waals surface area contributed by atoms with E-state index in [4.69, 9.17) is 11.6 Å². The van der Waals surface area contributed by atoms with Gasteiger partial charge in [0.1, 0.15) is 0 Å². The smallest absolute Gasteiger partial charge is 0.196 e. The molecule has 6 nitrogen and oxygen atoms in total. The summed E-state index contributed by atoms with van der Waals surface area (Å²) in [5.74, 6) is -0.801. The van der Waals surface area contributed by atoms with Crippen molar-refractivity contribution in [2.45, 2.75) is 23.8 Å². The van der Waals surface area contributed by atoms with Gasteiger partial charge in [-0.25, -0.2) is 8.42 Å². The fourth-order valence-electron chi connectivity index (χ4n) is 2.48. The predicted molar refractivity (Wildman–Crippen MR) is 87.9 cm³/mol. The van der Waals surface area contributed by atoms with Crippen LogP contribution in [0.5, 0.6) is 0 Å². The van der Waals surface area contributed by atoms with E-state index in [1.54, 1.807) is 12.3 Å². The van der Waals surface area contributed by atoms with E-state index in [2.05, 4.69) is 5.10 Å². The molecule has 2 aromatic rings. The van der Waals surface area contributed by atoms with Crippen LogP contribution in [0, 0.1) is 5.92 Å². The van der Waals surface area contributed by atoms with Crippen molar-refractivity contribution >= 4 is 33.0 Å². The van der Waals surface area contributed by atoms with Crippen molar-refractivity contribution in [3.05, 3.63) is 47.2 Å². The first kappa shape index (κ1) is 16.9. The zero-order chi connectivity index (χ0) is 17.5. The molecular weight excluding hydrogens is 352 g/mol. The Morgan fingerprint density at radius 3 is 2.54 bits per heavy atom. The number of nitrogens with zero attached hydrogens (tertiary/aromatic N) is 2. The minimum absolute atomic E-state index is 0.00341. The van der Waals surface area contributed by atoms with Crippen LogP contribution in [0.3, 0.4) is 0 Å². The maximum absolute atomic E-state index is 12.9. The molecule has 126 valence electrons. The molecule has 1 aliphatic carbocycles. The van der Waals surface area contributed by atoms with Gasteiger partial charge in [-0.1, -0.05) is 11.6 Å². The number of Topliss-reactive ketones (excluding diaryl/α,β-unsaturated/α-hetero) is 2. The van der Waals surface area contributed by atoms with Gasteiger partial charge in [0, 0.05) is 30.1 Å². The van der Waals surface area contributed by atoms with Gasteiger partial charge in [-0.3, -0.25) is 14.3 Å². The second-order valence-electron chi connectivity index (χ2n) is 5.84. The highest BCUT2D eigenvalue weighted by molar-refractivity contribution is 7.90. The van der Waals surface area contributed by atoms with Crippen LogP contribution in [0.1, 0.15) is 29.2 Å². The van der Waals surface area contributed by atoms with Gasteiger partial charge in [-0.05, 0) is 37.1 Å². The number of rotatable bonds is 6. The van der Waals surface area contributed by atoms with E-state index in [9.17, 15) is 18.0 Å². The van der Waals surface area contributed by atoms with Crippen molar-refractivity contribution in [3.8, 4) is 0 Å². The molecule has 1 aromatic heterocycles. The van der Waals surface area contributed by atoms with Gasteiger partial charge >= 0.3 is 0 Å². The Labute approximate surface area is 144 Å². The lowest BCUT2D eigenvalue weighted by atomic mass is 9.98. The quantitative estimate of drug-likeness (QED) is 0.578. The van der Waals surface area contributed by atoms with Gasteiger partial charge in [0.25, 0.3) is 0 Å². The summed E-state index contributed by atoms with van der Waals surface area (Å²) in [6.45, 7) is 0. The van der Waals surface area contributed by atoms with Gasteiger partial charge < -0.3 is 0 Å². The summed E-state index contributed by atoms with van der Waals surface area (Å²) < 4.78 is 24.5. The first-order chi connectivity index (χ1) is 11.3. The first-order valence-corrected chi connectivity index (χ1v) is 9.62. The van der Waals surface area contributed by atoms with Crippen molar-refractivity contribution < 1.29 is 18.0 Å². The van der Waals surface area contributed by atoms with E-state index < -0.39 is 21.7 Å². The maximum Gasteiger partial charge on any atom is 0.196 e. The molecule has 0 N–H and O–H groups in total. The molecule has 0 saturated heterocycles. The number of carbonyl (C=O) groups is 2. The average molecular weight is 367 g/mol. The molecule has 1 fully saturated rings. The molecule has 3 rings (SSSR count). The third-order valence-corrected chi connectivity index (χ3v) is 5.34. The molecule has 8 heteroatoms. The minimum Gasteiger partial charge on any atom is -0.296 e. The molecule has 24 heavy (non-hydrogen) atoms. The maximum atomic E-state index is 12.9. The topological polar surface area (TPSA) is 86.1 Å². The molecule has 1 saturated carbocycles. The van der Waals surface area contributed by atoms with Crippen molar-refractivity contribution in [3.63, 3.8) is 0 Å². The van der Waals surface area contributed by atoms with E-state index in [-0.39, 0.29) is 27.2 Å². The lowest BCUT2D eigenvalue weighted by Crippen LogP contribution is -2.29. The summed E-state index contributed by atoms with van der Waals surface area (Å²) in [5, 5.41) is 4.02. The summed E-state index contributed by atoms with van der Waals surface area (Å²) in [5.41, 5.74) is 0.110. The van der Waals surface area contributed by atoms with Gasteiger partial charge in [-0.15, -0.1) is 0 Å². The number of sulfone groups is 1. The standard InChI is InChI=1S/C16H15ClN2O4S/c1-24(22,23)11-5-6-12(13(17)9-11)16(21)14(15(20)10-3-4-10)19-8-2-7-18-19/h2,5-10,14H,3-4H2,1H3. The van der Waals surface area contributed by atoms with E-state index in [0.717, 1.165) is 19.1 Å². The highest BCUT2D eigenvalue weighted by Crippen LogP contribution is 2.35. The van der Waals surface area contributed by atoms with Crippen LogP contribution >= 0.6 is 11.6 Å². The number of aromatic nitrogens is 2. The van der Waals surface area contributed by atoms with Crippen molar-refractivity contribution in [2.75, 3.05) is 6.26 Å². The second kappa shape index (κ2) is 6.14. The van der Waals surface area contributed by atoms with Crippen LogP contribution < -0.4 is 0 Å². The minimum atomic E-state index is -3.43. The Balaban J connectivity index is 2.00. The molecule has 1 aliphatic rings. The monoisotopic (exact) mass is 366 g/mol. The Bertz CT molecular complexity index is 902. The van der Waals surface area contributed by atoms with E-state index in [1.165, 1.54) is 29.1 Å². The summed E-state index contributed by atoms with van der Waals surface area (Å²) in [6, 6.07) is 4.45. The number of carbonyl (C=O) groups excluding carboxylic acids is 2. The number of benzene rings is 1. The normalized spacial score (nSPS) is 15.9. The predicted octanol–water partition coefficient (Wildman–Crippen LogP) is 2.34. The van der Waals surface area contributed by atoms with Crippen molar-refractivity contribution in [2.24, 2.45) is 5.92 Å². The molecule has 1 atom stereocenters. The Kier molecular flexibility index (Phi) is 4.31. The van der Waals surface area contributed by atoms with Crippen molar-refractivity contribution in [1.82, 2.24) is 9.78 Å². The molecule has 0 bridgehead atoms.